The van der Waals surface area contributed by atoms with Gasteiger partial charge in [-0.2, -0.15) is 4.31 Å². The molecule has 1 aromatic rings. The van der Waals surface area contributed by atoms with E-state index in [9.17, 15) is 8.42 Å². The fourth-order valence-corrected chi connectivity index (χ4v) is 5.11. The Labute approximate surface area is 132 Å². The van der Waals surface area contributed by atoms with Crippen molar-refractivity contribution >= 4 is 10.0 Å². The van der Waals surface area contributed by atoms with E-state index in [1.165, 1.54) is 0 Å². The second kappa shape index (κ2) is 6.28. The Hall–Kier alpha value is -0.950. The third kappa shape index (κ3) is 2.93. The zero-order valence-electron chi connectivity index (χ0n) is 13.1. The van der Waals surface area contributed by atoms with Gasteiger partial charge in [0.25, 0.3) is 0 Å². The van der Waals surface area contributed by atoms with Crippen molar-refractivity contribution in [1.29, 1.82) is 0 Å². The number of aryl methyl sites for hydroxylation is 1. The maximum Gasteiger partial charge on any atom is 0.243 e. The molecule has 2 saturated heterocycles. The molecule has 22 heavy (non-hydrogen) atoms. The van der Waals surface area contributed by atoms with Crippen LogP contribution in [0.3, 0.4) is 0 Å². The summed E-state index contributed by atoms with van der Waals surface area (Å²) in [5.41, 5.74) is 1.06. The van der Waals surface area contributed by atoms with Crippen molar-refractivity contribution in [3.63, 3.8) is 0 Å². The van der Waals surface area contributed by atoms with Gasteiger partial charge in [-0.25, -0.2) is 8.42 Å². The lowest BCUT2D eigenvalue weighted by Crippen LogP contribution is -2.45. The number of nitrogens with zero attached hydrogens (tertiary/aromatic N) is 1. The van der Waals surface area contributed by atoms with Crippen molar-refractivity contribution in [3.05, 3.63) is 29.8 Å². The number of rotatable bonds is 4. The Bertz CT molecular complexity index is 614. The molecule has 2 fully saturated rings. The van der Waals surface area contributed by atoms with Gasteiger partial charge in [-0.05, 0) is 38.3 Å². The third-order valence-electron chi connectivity index (χ3n) is 4.56. The first kappa shape index (κ1) is 15.9. The summed E-state index contributed by atoms with van der Waals surface area (Å²) in [6, 6.07) is 7.02. The summed E-state index contributed by atoms with van der Waals surface area (Å²) in [5, 5.41) is 0. The number of fused-ring (bicyclic) bond motifs is 1. The number of benzene rings is 1. The molecular formula is C16H23NO4S. The average molecular weight is 325 g/mol. The SMILES string of the molecule is COC[C@H]1CC[C@H]2[C@H](CCN2S(=O)(=O)c2ccc(C)cc2)O1. The van der Waals surface area contributed by atoms with Gasteiger partial charge in [-0.15, -0.1) is 0 Å². The molecule has 0 unspecified atom stereocenters. The van der Waals surface area contributed by atoms with E-state index in [2.05, 4.69) is 0 Å². The van der Waals surface area contributed by atoms with Crippen molar-refractivity contribution in [1.82, 2.24) is 4.31 Å². The van der Waals surface area contributed by atoms with Gasteiger partial charge < -0.3 is 9.47 Å². The molecule has 5 nitrogen and oxygen atoms in total. The Morgan fingerprint density at radius 1 is 1.23 bits per heavy atom. The molecule has 0 bridgehead atoms. The molecule has 6 heteroatoms. The van der Waals surface area contributed by atoms with Crippen molar-refractivity contribution in [2.45, 2.75) is 49.3 Å². The summed E-state index contributed by atoms with van der Waals surface area (Å²) < 4.78 is 38.5. The second-order valence-electron chi connectivity index (χ2n) is 6.11. The van der Waals surface area contributed by atoms with E-state index in [0.717, 1.165) is 24.8 Å². The van der Waals surface area contributed by atoms with Gasteiger partial charge in [0.05, 0.1) is 29.8 Å². The van der Waals surface area contributed by atoms with Crippen LogP contribution in [-0.4, -0.2) is 51.2 Å². The highest BCUT2D eigenvalue weighted by Gasteiger charge is 2.45. The molecule has 0 saturated carbocycles. The quantitative estimate of drug-likeness (QED) is 0.849. The molecule has 3 atom stereocenters. The largest absolute Gasteiger partial charge is 0.382 e. The molecule has 2 heterocycles. The van der Waals surface area contributed by atoms with Gasteiger partial charge in [-0.1, -0.05) is 17.7 Å². The number of hydrogen-bond acceptors (Lipinski definition) is 4. The smallest absolute Gasteiger partial charge is 0.243 e. The van der Waals surface area contributed by atoms with Gasteiger partial charge in [0.15, 0.2) is 0 Å². The maximum atomic E-state index is 12.9. The topological polar surface area (TPSA) is 55.8 Å². The molecule has 0 amide bonds. The van der Waals surface area contributed by atoms with Crippen LogP contribution in [0.4, 0.5) is 0 Å². The van der Waals surface area contributed by atoms with Crippen LogP contribution in [0.25, 0.3) is 0 Å². The van der Waals surface area contributed by atoms with E-state index in [4.69, 9.17) is 9.47 Å². The molecule has 0 aliphatic carbocycles. The average Bonchev–Trinajstić information content (AvgIpc) is 2.92. The lowest BCUT2D eigenvalue weighted by Gasteiger charge is -2.35. The van der Waals surface area contributed by atoms with E-state index >= 15 is 0 Å². The van der Waals surface area contributed by atoms with Gasteiger partial charge in [0.1, 0.15) is 0 Å². The monoisotopic (exact) mass is 325 g/mol. The Balaban J connectivity index is 1.77. The zero-order chi connectivity index (χ0) is 15.7. The normalized spacial score (nSPS) is 29.5. The highest BCUT2D eigenvalue weighted by atomic mass is 32.2. The standard InChI is InChI=1S/C16H23NO4S/c1-12-3-6-14(7-4-12)22(18,19)17-10-9-16-15(17)8-5-13(21-16)11-20-2/h3-4,6-7,13,15-16H,5,8-11H2,1-2H3/t13-,15+,16+/m1/s1. The summed E-state index contributed by atoms with van der Waals surface area (Å²) in [6.45, 7) is 3.06. The third-order valence-corrected chi connectivity index (χ3v) is 6.50. The zero-order valence-corrected chi connectivity index (χ0v) is 13.9. The van der Waals surface area contributed by atoms with Gasteiger partial charge in [0.2, 0.25) is 10.0 Å². The molecule has 0 spiro atoms. The molecular weight excluding hydrogens is 302 g/mol. The fraction of sp³-hybridized carbons (Fsp3) is 0.625. The molecule has 2 aliphatic rings. The van der Waals surface area contributed by atoms with Crippen molar-refractivity contribution < 1.29 is 17.9 Å². The number of ether oxygens (including phenoxy) is 2. The summed E-state index contributed by atoms with van der Waals surface area (Å²) in [6.07, 6.45) is 2.52. The molecule has 122 valence electrons. The summed E-state index contributed by atoms with van der Waals surface area (Å²) in [5.74, 6) is 0. The van der Waals surface area contributed by atoms with E-state index in [0.29, 0.717) is 18.0 Å². The predicted molar refractivity (Wildman–Crippen MR) is 83.2 cm³/mol. The molecule has 0 N–H and O–H groups in total. The highest BCUT2D eigenvalue weighted by molar-refractivity contribution is 7.89. The van der Waals surface area contributed by atoms with Crippen LogP contribution in [0.5, 0.6) is 0 Å². The minimum atomic E-state index is -3.43. The van der Waals surface area contributed by atoms with Crippen LogP contribution >= 0.6 is 0 Å². The first-order chi connectivity index (χ1) is 10.5. The van der Waals surface area contributed by atoms with Crippen LogP contribution in [0, 0.1) is 6.92 Å². The summed E-state index contributed by atoms with van der Waals surface area (Å²) >= 11 is 0. The Morgan fingerprint density at radius 3 is 2.64 bits per heavy atom. The lowest BCUT2D eigenvalue weighted by atomic mass is 10.0. The van der Waals surface area contributed by atoms with Crippen LogP contribution in [0.15, 0.2) is 29.2 Å². The number of sulfonamides is 1. The predicted octanol–water partition coefficient (Wildman–Crippen LogP) is 1.95. The number of methoxy groups -OCH3 is 1. The Morgan fingerprint density at radius 2 is 1.95 bits per heavy atom. The van der Waals surface area contributed by atoms with E-state index in [-0.39, 0.29) is 18.2 Å². The van der Waals surface area contributed by atoms with E-state index < -0.39 is 10.0 Å². The first-order valence-electron chi connectivity index (χ1n) is 7.75. The van der Waals surface area contributed by atoms with Crippen LogP contribution < -0.4 is 0 Å². The van der Waals surface area contributed by atoms with Crippen LogP contribution in [0.1, 0.15) is 24.8 Å². The highest BCUT2D eigenvalue weighted by Crippen LogP contribution is 2.35. The fourth-order valence-electron chi connectivity index (χ4n) is 3.41. The minimum absolute atomic E-state index is 0.00544. The Kier molecular flexibility index (Phi) is 4.54. The summed E-state index contributed by atoms with van der Waals surface area (Å²) in [4.78, 5) is 0.373. The van der Waals surface area contributed by atoms with Gasteiger partial charge in [0, 0.05) is 13.7 Å². The van der Waals surface area contributed by atoms with Crippen molar-refractivity contribution in [3.8, 4) is 0 Å². The van der Waals surface area contributed by atoms with Crippen LogP contribution in [-0.2, 0) is 19.5 Å². The molecule has 2 aliphatic heterocycles. The molecule has 3 rings (SSSR count). The second-order valence-corrected chi connectivity index (χ2v) is 8.00. The maximum absolute atomic E-state index is 12.9. The number of hydrogen-bond donors (Lipinski definition) is 0. The van der Waals surface area contributed by atoms with Crippen molar-refractivity contribution in [2.24, 2.45) is 0 Å². The van der Waals surface area contributed by atoms with E-state index in [1.54, 1.807) is 23.5 Å². The minimum Gasteiger partial charge on any atom is -0.382 e. The summed E-state index contributed by atoms with van der Waals surface area (Å²) in [7, 11) is -1.77. The first-order valence-corrected chi connectivity index (χ1v) is 9.19. The van der Waals surface area contributed by atoms with Gasteiger partial charge >= 0.3 is 0 Å². The molecule has 0 radical (unpaired) electrons. The molecule has 1 aromatic carbocycles. The van der Waals surface area contributed by atoms with Crippen molar-refractivity contribution in [2.75, 3.05) is 20.3 Å². The molecule has 0 aromatic heterocycles. The van der Waals surface area contributed by atoms with E-state index in [1.807, 2.05) is 19.1 Å². The lowest BCUT2D eigenvalue weighted by molar-refractivity contribution is -0.0872. The van der Waals surface area contributed by atoms with Gasteiger partial charge in [-0.3, -0.25) is 0 Å². The van der Waals surface area contributed by atoms with Crippen LogP contribution in [0.2, 0.25) is 0 Å².